The highest BCUT2D eigenvalue weighted by Gasteiger charge is 2.20. The van der Waals surface area contributed by atoms with Crippen LogP contribution in [0.2, 0.25) is 0 Å². The Morgan fingerprint density at radius 1 is 0.722 bits per heavy atom. The van der Waals surface area contributed by atoms with Crippen molar-refractivity contribution >= 4 is 40.0 Å². The van der Waals surface area contributed by atoms with Crippen molar-refractivity contribution in [1.82, 2.24) is 9.13 Å². The van der Waals surface area contributed by atoms with Crippen LogP contribution in [-0.2, 0) is 6.42 Å². The first-order valence-electron chi connectivity index (χ1n) is 13.0. The lowest BCUT2D eigenvalue weighted by Gasteiger charge is -2.14. The van der Waals surface area contributed by atoms with E-state index in [0.29, 0.717) is 0 Å². The third-order valence-electron chi connectivity index (χ3n) is 6.54. The van der Waals surface area contributed by atoms with E-state index in [4.69, 9.17) is 0 Å². The minimum atomic E-state index is 0.976. The molecule has 3 aromatic carbocycles. The predicted octanol–water partition coefficient (Wildman–Crippen LogP) is 9.87. The van der Waals surface area contributed by atoms with Crippen LogP contribution in [0.5, 0.6) is 0 Å². The molecule has 0 spiro atoms. The first-order chi connectivity index (χ1) is 17.7. The number of fused-ring (bicyclic) bond motifs is 3. The molecule has 36 heavy (non-hydrogen) atoms. The van der Waals surface area contributed by atoms with Crippen molar-refractivity contribution in [2.45, 2.75) is 40.5 Å². The Balaban J connectivity index is 0.00000148. The molecule has 2 nitrogen and oxygen atoms in total. The fraction of sp³-hybridized carbons (Fsp3) is 0.176. The molecular formula is C34H36N2. The number of nitrogens with zero attached hydrogens (tertiary/aromatic N) is 2. The van der Waals surface area contributed by atoms with E-state index in [1.807, 2.05) is 26.0 Å². The number of hydrogen-bond donors (Lipinski definition) is 0. The summed E-state index contributed by atoms with van der Waals surface area (Å²) in [7, 11) is 0. The zero-order valence-electron chi connectivity index (χ0n) is 22.0. The molecule has 2 heteroatoms. The van der Waals surface area contributed by atoms with Crippen LogP contribution < -0.4 is 0 Å². The second-order valence-electron chi connectivity index (χ2n) is 8.54. The molecule has 0 saturated heterocycles. The van der Waals surface area contributed by atoms with E-state index in [0.717, 1.165) is 29.8 Å². The molecule has 0 saturated carbocycles. The lowest BCUT2D eigenvalue weighted by atomic mass is 10.1. The highest BCUT2D eigenvalue weighted by Crippen LogP contribution is 2.36. The zero-order chi connectivity index (χ0) is 25.7. The number of allylic oxidation sites excluding steroid dienone is 1. The van der Waals surface area contributed by atoms with Gasteiger partial charge >= 0.3 is 0 Å². The van der Waals surface area contributed by atoms with Crippen molar-refractivity contribution in [3.8, 4) is 11.4 Å². The van der Waals surface area contributed by atoms with Gasteiger partial charge in [0.05, 0.1) is 16.7 Å². The maximum atomic E-state index is 4.13. The summed E-state index contributed by atoms with van der Waals surface area (Å²) in [5.74, 6) is 0. The number of hydrogen-bond acceptors (Lipinski definition) is 0. The summed E-state index contributed by atoms with van der Waals surface area (Å²) in [5.41, 5.74) is 9.52. The smallest absolute Gasteiger partial charge is 0.0542 e. The van der Waals surface area contributed by atoms with E-state index in [1.165, 1.54) is 38.8 Å². The van der Waals surface area contributed by atoms with Crippen LogP contribution in [0.25, 0.3) is 51.4 Å². The Morgan fingerprint density at radius 2 is 1.39 bits per heavy atom. The molecule has 0 N–H and O–H groups in total. The highest BCUT2D eigenvalue weighted by atomic mass is 15.0. The fourth-order valence-corrected chi connectivity index (χ4v) is 5.18. The van der Waals surface area contributed by atoms with Gasteiger partial charge in [0.25, 0.3) is 0 Å². The molecule has 0 radical (unpaired) electrons. The van der Waals surface area contributed by atoms with Gasteiger partial charge in [-0.1, -0.05) is 95.0 Å². The lowest BCUT2D eigenvalue weighted by Crippen LogP contribution is -2.03. The fourth-order valence-electron chi connectivity index (χ4n) is 5.18. The van der Waals surface area contributed by atoms with E-state index in [2.05, 4.69) is 121 Å². The average molecular weight is 473 g/mol. The second-order valence-corrected chi connectivity index (χ2v) is 8.54. The molecule has 0 bridgehead atoms. The summed E-state index contributed by atoms with van der Waals surface area (Å²) in [5, 5.41) is 2.51. The SMILES string of the molecule is C=Cc1c(C=C)c(CCC)n(-c2ccc3c(c2)c2ccccc2n3-c2ccccc2)c1/C=C\C.CC. The summed E-state index contributed by atoms with van der Waals surface area (Å²) in [6.07, 6.45) is 10.3. The largest absolute Gasteiger partial charge is 0.313 e. The van der Waals surface area contributed by atoms with E-state index in [9.17, 15) is 0 Å². The molecule has 0 unspecified atom stereocenters. The molecular weight excluding hydrogens is 436 g/mol. The molecule has 0 fully saturated rings. The topological polar surface area (TPSA) is 9.86 Å². The quantitative estimate of drug-likeness (QED) is 0.223. The Morgan fingerprint density at radius 3 is 2.06 bits per heavy atom. The van der Waals surface area contributed by atoms with Crippen LogP contribution >= 0.6 is 0 Å². The molecule has 0 amide bonds. The second kappa shape index (κ2) is 11.1. The highest BCUT2D eigenvalue weighted by molar-refractivity contribution is 6.10. The van der Waals surface area contributed by atoms with Gasteiger partial charge in [0.1, 0.15) is 0 Å². The van der Waals surface area contributed by atoms with Gasteiger partial charge in [-0.2, -0.15) is 0 Å². The molecule has 0 atom stereocenters. The van der Waals surface area contributed by atoms with Crippen LogP contribution in [0.1, 0.15) is 56.6 Å². The summed E-state index contributed by atoms with van der Waals surface area (Å²) in [4.78, 5) is 0. The molecule has 2 heterocycles. The molecule has 2 aromatic heterocycles. The third-order valence-corrected chi connectivity index (χ3v) is 6.54. The van der Waals surface area contributed by atoms with E-state index < -0.39 is 0 Å². The zero-order valence-corrected chi connectivity index (χ0v) is 22.0. The monoisotopic (exact) mass is 472 g/mol. The van der Waals surface area contributed by atoms with E-state index in [-0.39, 0.29) is 0 Å². The standard InChI is InChI=1S/C32H30N2.C2H6/c1-5-14-29-25(7-3)26(8-4)30(15-6-2)34(29)24-20-21-32-28(22-24)27-18-12-13-19-31(27)33(32)23-16-10-9-11-17-23;1-2/h5,7-14,16-22H,3-4,6,15H2,1-2H3;1-2H3/b14-5-;. The van der Waals surface area contributed by atoms with Crippen LogP contribution in [0.3, 0.4) is 0 Å². The number of para-hydroxylation sites is 2. The molecule has 0 aliphatic rings. The first kappa shape index (κ1) is 25.1. The van der Waals surface area contributed by atoms with Crippen molar-refractivity contribution in [1.29, 1.82) is 0 Å². The molecule has 0 aliphatic carbocycles. The van der Waals surface area contributed by atoms with Gasteiger partial charge < -0.3 is 9.13 Å². The number of aromatic nitrogens is 2. The van der Waals surface area contributed by atoms with Crippen LogP contribution in [0.15, 0.2) is 92.0 Å². The molecule has 182 valence electrons. The predicted molar refractivity (Wildman–Crippen MR) is 160 cm³/mol. The average Bonchev–Trinajstić information content (AvgIpc) is 3.42. The van der Waals surface area contributed by atoms with Gasteiger partial charge in [-0.05, 0) is 55.8 Å². The van der Waals surface area contributed by atoms with Crippen molar-refractivity contribution < 1.29 is 0 Å². The van der Waals surface area contributed by atoms with Crippen LogP contribution in [0.4, 0.5) is 0 Å². The maximum Gasteiger partial charge on any atom is 0.0542 e. The Hall–Kier alpha value is -4.04. The van der Waals surface area contributed by atoms with Gasteiger partial charge in [0.15, 0.2) is 0 Å². The summed E-state index contributed by atoms with van der Waals surface area (Å²) in [6.45, 7) is 16.5. The van der Waals surface area contributed by atoms with Gasteiger partial charge in [-0.15, -0.1) is 0 Å². The van der Waals surface area contributed by atoms with E-state index >= 15 is 0 Å². The summed E-state index contributed by atoms with van der Waals surface area (Å²) in [6, 6.07) is 26.1. The molecule has 5 aromatic rings. The van der Waals surface area contributed by atoms with Crippen molar-refractivity contribution in [3.05, 3.63) is 115 Å². The van der Waals surface area contributed by atoms with Crippen LogP contribution in [0, 0.1) is 0 Å². The third kappa shape index (κ3) is 4.13. The van der Waals surface area contributed by atoms with Crippen molar-refractivity contribution in [2.75, 3.05) is 0 Å². The van der Waals surface area contributed by atoms with Gasteiger partial charge in [0.2, 0.25) is 0 Å². The maximum absolute atomic E-state index is 4.13. The number of benzene rings is 3. The minimum absolute atomic E-state index is 0.976. The molecule has 5 rings (SSSR count). The van der Waals surface area contributed by atoms with Crippen molar-refractivity contribution in [3.63, 3.8) is 0 Å². The molecule has 0 aliphatic heterocycles. The first-order valence-corrected chi connectivity index (χ1v) is 13.0. The summed E-state index contributed by atoms with van der Waals surface area (Å²) < 4.78 is 4.75. The van der Waals surface area contributed by atoms with E-state index in [1.54, 1.807) is 0 Å². The number of rotatable bonds is 7. The van der Waals surface area contributed by atoms with Gasteiger partial charge in [-0.3, -0.25) is 0 Å². The van der Waals surface area contributed by atoms with Gasteiger partial charge in [-0.25, -0.2) is 0 Å². The Bertz CT molecular complexity index is 1540. The lowest BCUT2D eigenvalue weighted by molar-refractivity contribution is 0.838. The summed E-state index contributed by atoms with van der Waals surface area (Å²) >= 11 is 0. The van der Waals surface area contributed by atoms with Crippen LogP contribution in [-0.4, -0.2) is 9.13 Å². The van der Waals surface area contributed by atoms with Gasteiger partial charge in [0, 0.05) is 39.0 Å². The minimum Gasteiger partial charge on any atom is -0.313 e. The normalized spacial score (nSPS) is 11.1. The van der Waals surface area contributed by atoms with Crippen molar-refractivity contribution in [2.24, 2.45) is 0 Å². The Labute approximate surface area is 215 Å². The Kier molecular flexibility index (Phi) is 7.75.